The standard InChI is InChI=1S/C15H20N4O.ClH/c1-12(11-19-8-2-7-18-19)10-17-15(20)14-5-3-13(9-16)4-6-14;/h2-8,12H,9-11,16H2,1H3,(H,17,20);1H. The number of carbonyl (C=O) groups excluding carboxylic acids is 1. The minimum absolute atomic E-state index is 0. The first-order valence-electron chi connectivity index (χ1n) is 6.73. The summed E-state index contributed by atoms with van der Waals surface area (Å²) in [6.45, 7) is 3.99. The summed E-state index contributed by atoms with van der Waals surface area (Å²) < 4.78 is 1.87. The van der Waals surface area contributed by atoms with Gasteiger partial charge in [-0.15, -0.1) is 12.4 Å². The molecule has 0 saturated heterocycles. The maximum absolute atomic E-state index is 12.0. The molecule has 1 atom stereocenters. The van der Waals surface area contributed by atoms with Crippen LogP contribution in [0, 0.1) is 5.92 Å². The highest BCUT2D eigenvalue weighted by Gasteiger charge is 2.08. The number of hydrogen-bond acceptors (Lipinski definition) is 3. The molecule has 1 unspecified atom stereocenters. The maximum atomic E-state index is 12.0. The predicted molar refractivity (Wildman–Crippen MR) is 85.3 cm³/mol. The lowest BCUT2D eigenvalue weighted by Gasteiger charge is -2.13. The molecule has 0 aliphatic carbocycles. The zero-order valence-electron chi connectivity index (χ0n) is 12.0. The van der Waals surface area contributed by atoms with E-state index in [9.17, 15) is 4.79 Å². The first kappa shape index (κ1) is 17.2. The molecular weight excluding hydrogens is 288 g/mol. The lowest BCUT2D eigenvalue weighted by atomic mass is 10.1. The van der Waals surface area contributed by atoms with Gasteiger partial charge in [0.25, 0.3) is 5.91 Å². The highest BCUT2D eigenvalue weighted by Crippen LogP contribution is 2.04. The van der Waals surface area contributed by atoms with Gasteiger partial charge in [-0.25, -0.2) is 0 Å². The van der Waals surface area contributed by atoms with E-state index in [1.165, 1.54) is 0 Å². The second-order valence-corrected chi connectivity index (χ2v) is 4.94. The van der Waals surface area contributed by atoms with Gasteiger partial charge >= 0.3 is 0 Å². The van der Waals surface area contributed by atoms with Gasteiger partial charge in [-0.1, -0.05) is 19.1 Å². The average molecular weight is 309 g/mol. The molecule has 3 N–H and O–H groups in total. The van der Waals surface area contributed by atoms with Gasteiger partial charge in [0.15, 0.2) is 0 Å². The van der Waals surface area contributed by atoms with E-state index in [-0.39, 0.29) is 18.3 Å². The lowest BCUT2D eigenvalue weighted by molar-refractivity contribution is 0.0946. The smallest absolute Gasteiger partial charge is 0.251 e. The summed E-state index contributed by atoms with van der Waals surface area (Å²) in [6.07, 6.45) is 3.67. The van der Waals surface area contributed by atoms with Crippen LogP contribution in [0.4, 0.5) is 0 Å². The van der Waals surface area contributed by atoms with Gasteiger partial charge in [0.1, 0.15) is 0 Å². The molecule has 0 bridgehead atoms. The lowest BCUT2D eigenvalue weighted by Crippen LogP contribution is -2.30. The number of aromatic nitrogens is 2. The third-order valence-electron chi connectivity index (χ3n) is 3.12. The van der Waals surface area contributed by atoms with Crippen molar-refractivity contribution in [2.45, 2.75) is 20.0 Å². The zero-order valence-corrected chi connectivity index (χ0v) is 12.8. The fourth-order valence-electron chi connectivity index (χ4n) is 1.95. The van der Waals surface area contributed by atoms with Crippen LogP contribution >= 0.6 is 12.4 Å². The normalized spacial score (nSPS) is 11.5. The van der Waals surface area contributed by atoms with Crippen molar-refractivity contribution in [3.8, 4) is 0 Å². The van der Waals surface area contributed by atoms with Crippen molar-refractivity contribution in [2.75, 3.05) is 6.54 Å². The van der Waals surface area contributed by atoms with Crippen LogP contribution in [-0.2, 0) is 13.1 Å². The number of hydrogen-bond donors (Lipinski definition) is 2. The quantitative estimate of drug-likeness (QED) is 0.855. The third-order valence-corrected chi connectivity index (χ3v) is 3.12. The molecule has 0 radical (unpaired) electrons. The van der Waals surface area contributed by atoms with Crippen LogP contribution in [0.1, 0.15) is 22.8 Å². The molecule has 21 heavy (non-hydrogen) atoms. The molecular formula is C15H21ClN4O. The number of nitrogens with one attached hydrogen (secondary N) is 1. The minimum Gasteiger partial charge on any atom is -0.352 e. The van der Waals surface area contributed by atoms with Gasteiger partial charge in [-0.2, -0.15) is 5.10 Å². The molecule has 0 spiro atoms. The zero-order chi connectivity index (χ0) is 14.4. The van der Waals surface area contributed by atoms with Gasteiger partial charge in [-0.3, -0.25) is 9.48 Å². The number of benzene rings is 1. The monoisotopic (exact) mass is 308 g/mol. The van der Waals surface area contributed by atoms with Crippen molar-refractivity contribution in [3.63, 3.8) is 0 Å². The molecule has 5 nitrogen and oxygen atoms in total. The van der Waals surface area contributed by atoms with Crippen molar-refractivity contribution < 1.29 is 4.79 Å². The van der Waals surface area contributed by atoms with E-state index in [0.29, 0.717) is 24.6 Å². The molecule has 0 aliphatic heterocycles. The molecule has 0 fully saturated rings. The molecule has 114 valence electrons. The van der Waals surface area contributed by atoms with E-state index in [0.717, 1.165) is 12.1 Å². The Balaban J connectivity index is 0.00000220. The Labute approximate surface area is 130 Å². The van der Waals surface area contributed by atoms with Crippen molar-refractivity contribution in [2.24, 2.45) is 11.7 Å². The number of nitrogens with two attached hydrogens (primary N) is 1. The van der Waals surface area contributed by atoms with Gasteiger partial charge in [-0.05, 0) is 29.7 Å². The molecule has 1 heterocycles. The van der Waals surface area contributed by atoms with E-state index < -0.39 is 0 Å². The van der Waals surface area contributed by atoms with Crippen molar-refractivity contribution >= 4 is 18.3 Å². The predicted octanol–water partition coefficient (Wildman–Crippen LogP) is 1.83. The Morgan fingerprint density at radius 2 is 2.10 bits per heavy atom. The molecule has 0 saturated carbocycles. The molecule has 1 amide bonds. The number of carbonyl (C=O) groups is 1. The van der Waals surface area contributed by atoms with E-state index in [1.54, 1.807) is 18.3 Å². The van der Waals surface area contributed by atoms with Crippen molar-refractivity contribution in [1.29, 1.82) is 0 Å². The van der Waals surface area contributed by atoms with Gasteiger partial charge < -0.3 is 11.1 Å². The Hall–Kier alpha value is -1.85. The maximum Gasteiger partial charge on any atom is 0.251 e. The Kier molecular flexibility index (Phi) is 6.91. The summed E-state index contributed by atoms with van der Waals surface area (Å²) in [5, 5.41) is 7.09. The number of rotatable bonds is 6. The van der Waals surface area contributed by atoms with Gasteiger partial charge in [0, 0.05) is 37.6 Å². The molecule has 2 rings (SSSR count). The van der Waals surface area contributed by atoms with E-state index in [1.807, 2.05) is 29.1 Å². The third kappa shape index (κ3) is 5.21. The molecule has 6 heteroatoms. The van der Waals surface area contributed by atoms with Crippen LogP contribution in [-0.4, -0.2) is 22.2 Å². The Bertz CT molecular complexity index is 539. The number of halogens is 1. The summed E-state index contributed by atoms with van der Waals surface area (Å²) >= 11 is 0. The SMILES string of the molecule is CC(CNC(=O)c1ccc(CN)cc1)Cn1cccn1.Cl. The highest BCUT2D eigenvalue weighted by atomic mass is 35.5. The first-order valence-corrected chi connectivity index (χ1v) is 6.73. The average Bonchev–Trinajstić information content (AvgIpc) is 2.97. The molecule has 1 aromatic carbocycles. The van der Waals surface area contributed by atoms with Crippen LogP contribution in [0.25, 0.3) is 0 Å². The largest absolute Gasteiger partial charge is 0.352 e. The fraction of sp³-hybridized carbons (Fsp3) is 0.333. The summed E-state index contributed by atoms with van der Waals surface area (Å²) in [7, 11) is 0. The molecule has 2 aromatic rings. The van der Waals surface area contributed by atoms with Crippen LogP contribution in [0.2, 0.25) is 0 Å². The molecule has 1 aromatic heterocycles. The van der Waals surface area contributed by atoms with E-state index in [2.05, 4.69) is 17.3 Å². The second kappa shape index (κ2) is 8.44. The minimum atomic E-state index is -0.0547. The summed E-state index contributed by atoms with van der Waals surface area (Å²) in [5.74, 6) is 0.267. The van der Waals surface area contributed by atoms with Crippen LogP contribution < -0.4 is 11.1 Å². The van der Waals surface area contributed by atoms with Gasteiger partial charge in [0.2, 0.25) is 0 Å². The Morgan fingerprint density at radius 3 is 2.67 bits per heavy atom. The topological polar surface area (TPSA) is 72.9 Å². The summed E-state index contributed by atoms with van der Waals surface area (Å²) in [4.78, 5) is 12.0. The van der Waals surface area contributed by atoms with Crippen molar-refractivity contribution in [1.82, 2.24) is 15.1 Å². The van der Waals surface area contributed by atoms with Crippen LogP contribution in [0.5, 0.6) is 0 Å². The summed E-state index contributed by atoms with van der Waals surface area (Å²) in [5.41, 5.74) is 7.21. The molecule has 0 aliphatic rings. The number of nitrogens with zero attached hydrogens (tertiary/aromatic N) is 2. The first-order chi connectivity index (χ1) is 9.69. The fourth-order valence-corrected chi connectivity index (χ4v) is 1.95. The van der Waals surface area contributed by atoms with Crippen molar-refractivity contribution in [3.05, 3.63) is 53.9 Å². The van der Waals surface area contributed by atoms with E-state index in [4.69, 9.17) is 5.73 Å². The second-order valence-electron chi connectivity index (χ2n) is 4.94. The highest BCUT2D eigenvalue weighted by molar-refractivity contribution is 5.94. The Morgan fingerprint density at radius 1 is 1.38 bits per heavy atom. The number of amides is 1. The van der Waals surface area contributed by atoms with Gasteiger partial charge in [0.05, 0.1) is 0 Å². The van der Waals surface area contributed by atoms with Crippen LogP contribution in [0.15, 0.2) is 42.7 Å². The summed E-state index contributed by atoms with van der Waals surface area (Å²) in [6, 6.07) is 9.25. The van der Waals surface area contributed by atoms with Crippen LogP contribution in [0.3, 0.4) is 0 Å². The van der Waals surface area contributed by atoms with E-state index >= 15 is 0 Å².